The molecule has 1 saturated heterocycles. The first-order valence-corrected chi connectivity index (χ1v) is 6.48. The van der Waals surface area contributed by atoms with Crippen LogP contribution in [0.1, 0.15) is 17.4 Å². The fraction of sp³-hybridized carbons (Fsp3) is 0.727. The summed E-state index contributed by atoms with van der Waals surface area (Å²) in [5.74, 6) is -0.313. The Morgan fingerprint density at radius 2 is 2.15 bits per heavy atom. The van der Waals surface area contributed by atoms with Gasteiger partial charge in [0.15, 0.2) is 5.69 Å². The first-order chi connectivity index (χ1) is 9.56. The predicted octanol–water partition coefficient (Wildman–Crippen LogP) is -2.92. The lowest BCUT2D eigenvalue weighted by Gasteiger charge is -2.15. The van der Waals surface area contributed by atoms with Crippen molar-refractivity contribution in [1.82, 2.24) is 25.6 Å². The van der Waals surface area contributed by atoms with Gasteiger partial charge in [-0.05, 0) is 6.92 Å². The summed E-state index contributed by atoms with van der Waals surface area (Å²) >= 11 is 0. The molecule has 0 aromatic carbocycles. The normalized spacial score (nSPS) is 29.6. The molecular weight excluding hydrogens is 266 g/mol. The fourth-order valence-electron chi connectivity index (χ4n) is 2.21. The Kier molecular flexibility index (Phi) is 4.65. The lowest BCUT2D eigenvalue weighted by Crippen LogP contribution is -2.38. The highest BCUT2D eigenvalue weighted by molar-refractivity contribution is 5.91. The molecule has 20 heavy (non-hydrogen) atoms. The molecule has 1 aromatic rings. The van der Waals surface area contributed by atoms with E-state index >= 15 is 0 Å². The first kappa shape index (κ1) is 14.9. The summed E-state index contributed by atoms with van der Waals surface area (Å²) in [6.45, 7) is 2.27. The highest BCUT2D eigenvalue weighted by atomic mass is 16.3. The minimum atomic E-state index is -1.03. The van der Waals surface area contributed by atoms with Crippen LogP contribution in [-0.2, 0) is 6.54 Å². The van der Waals surface area contributed by atoms with Crippen molar-refractivity contribution in [2.45, 2.75) is 37.8 Å². The Labute approximate surface area is 115 Å². The zero-order valence-corrected chi connectivity index (χ0v) is 11.1. The Morgan fingerprint density at radius 3 is 2.75 bits per heavy atom. The molecule has 5 N–H and O–H groups in total. The third-order valence-corrected chi connectivity index (χ3v) is 3.29. The van der Waals surface area contributed by atoms with Crippen LogP contribution in [0.15, 0.2) is 6.20 Å². The third-order valence-electron chi connectivity index (χ3n) is 3.29. The first-order valence-electron chi connectivity index (χ1n) is 6.48. The molecule has 1 aliphatic rings. The maximum Gasteiger partial charge on any atom is 0.273 e. The highest BCUT2D eigenvalue weighted by Crippen LogP contribution is 2.15. The van der Waals surface area contributed by atoms with E-state index in [2.05, 4.69) is 20.9 Å². The number of carbonyl (C=O) groups excluding carboxylic acids is 1. The van der Waals surface area contributed by atoms with Crippen LogP contribution in [0.4, 0.5) is 0 Å². The molecule has 2 heterocycles. The van der Waals surface area contributed by atoms with E-state index in [1.54, 1.807) is 6.92 Å². The van der Waals surface area contributed by atoms with E-state index < -0.39 is 24.3 Å². The van der Waals surface area contributed by atoms with Crippen molar-refractivity contribution in [1.29, 1.82) is 0 Å². The van der Waals surface area contributed by atoms with Crippen molar-refractivity contribution in [3.05, 3.63) is 11.9 Å². The fourth-order valence-corrected chi connectivity index (χ4v) is 2.21. The maximum atomic E-state index is 11.5. The van der Waals surface area contributed by atoms with Crippen LogP contribution in [0.3, 0.4) is 0 Å². The van der Waals surface area contributed by atoms with E-state index in [0.717, 1.165) is 0 Å². The largest absolute Gasteiger partial charge is 0.395 e. The molecule has 0 aliphatic carbocycles. The van der Waals surface area contributed by atoms with Crippen molar-refractivity contribution in [2.75, 3.05) is 13.2 Å². The van der Waals surface area contributed by atoms with Crippen LogP contribution in [0.25, 0.3) is 0 Å². The van der Waals surface area contributed by atoms with Gasteiger partial charge in [-0.3, -0.25) is 9.48 Å². The highest BCUT2D eigenvalue weighted by Gasteiger charge is 2.40. The summed E-state index contributed by atoms with van der Waals surface area (Å²) in [7, 11) is 0. The van der Waals surface area contributed by atoms with E-state index in [1.165, 1.54) is 10.9 Å². The molecule has 1 aliphatic heterocycles. The van der Waals surface area contributed by atoms with Gasteiger partial charge in [0.25, 0.3) is 5.91 Å². The van der Waals surface area contributed by atoms with E-state index in [9.17, 15) is 15.0 Å². The maximum absolute atomic E-state index is 11.5. The molecule has 1 aromatic heterocycles. The van der Waals surface area contributed by atoms with Crippen molar-refractivity contribution in [3.8, 4) is 0 Å². The molecule has 9 heteroatoms. The molecular formula is C11H19N5O4. The van der Waals surface area contributed by atoms with Crippen molar-refractivity contribution < 1.29 is 20.1 Å². The van der Waals surface area contributed by atoms with E-state index in [4.69, 9.17) is 5.11 Å². The lowest BCUT2D eigenvalue weighted by molar-refractivity contribution is 0.0175. The van der Waals surface area contributed by atoms with Gasteiger partial charge in [0.05, 0.1) is 43.6 Å². The van der Waals surface area contributed by atoms with Crippen LogP contribution in [0.2, 0.25) is 0 Å². The standard InChI is InChI=1S/C11H19N5O4/c1-2-12-11(20)7-4-16(15-14-7)3-6-9(18)10(19)8(5-17)13-6/h4,6,8-10,13,17-19H,2-3,5H2,1H3,(H,12,20)/t6-,8-,9-,10-/m1/s1. The zero-order valence-electron chi connectivity index (χ0n) is 11.1. The van der Waals surface area contributed by atoms with Gasteiger partial charge in [-0.1, -0.05) is 5.21 Å². The smallest absolute Gasteiger partial charge is 0.273 e. The van der Waals surface area contributed by atoms with Gasteiger partial charge in [-0.25, -0.2) is 0 Å². The van der Waals surface area contributed by atoms with Crippen LogP contribution >= 0.6 is 0 Å². The second-order valence-electron chi connectivity index (χ2n) is 4.73. The van der Waals surface area contributed by atoms with Crippen LogP contribution in [0, 0.1) is 0 Å². The second kappa shape index (κ2) is 6.27. The number of aliphatic hydroxyl groups is 3. The van der Waals surface area contributed by atoms with Gasteiger partial charge >= 0.3 is 0 Å². The summed E-state index contributed by atoms with van der Waals surface area (Å²) in [5, 5.41) is 41.7. The number of nitrogens with one attached hydrogen (secondary N) is 2. The summed E-state index contributed by atoms with van der Waals surface area (Å²) in [4.78, 5) is 11.5. The van der Waals surface area contributed by atoms with Gasteiger partial charge in [-0.15, -0.1) is 5.10 Å². The average Bonchev–Trinajstić information content (AvgIpc) is 3.00. The molecule has 0 saturated carbocycles. The summed E-state index contributed by atoms with van der Waals surface area (Å²) in [6, 6.07) is -1.03. The van der Waals surface area contributed by atoms with Crippen molar-refractivity contribution in [2.24, 2.45) is 0 Å². The number of rotatable bonds is 5. The molecule has 1 amide bonds. The third kappa shape index (κ3) is 2.96. The quantitative estimate of drug-likeness (QED) is 0.391. The molecule has 0 radical (unpaired) electrons. The van der Waals surface area contributed by atoms with Gasteiger partial charge in [0.2, 0.25) is 0 Å². The van der Waals surface area contributed by atoms with Crippen molar-refractivity contribution >= 4 is 5.91 Å². The Morgan fingerprint density at radius 1 is 1.45 bits per heavy atom. The average molecular weight is 285 g/mol. The molecule has 4 atom stereocenters. The number of nitrogens with zero attached hydrogens (tertiary/aromatic N) is 3. The van der Waals surface area contributed by atoms with Gasteiger partial charge in [0, 0.05) is 6.54 Å². The molecule has 0 spiro atoms. The number of aromatic nitrogens is 3. The SMILES string of the molecule is CCNC(=O)c1cn(C[C@H]2N[C@H](CO)[C@@H](O)[C@@H]2O)nn1. The lowest BCUT2D eigenvalue weighted by atomic mass is 10.1. The van der Waals surface area contributed by atoms with Crippen LogP contribution in [-0.4, -0.2) is 73.7 Å². The van der Waals surface area contributed by atoms with Crippen LogP contribution in [0.5, 0.6) is 0 Å². The van der Waals surface area contributed by atoms with Gasteiger partial charge < -0.3 is 26.0 Å². The Bertz CT molecular complexity index is 465. The summed E-state index contributed by atoms with van der Waals surface area (Å²) < 4.78 is 1.41. The molecule has 1 fully saturated rings. The Balaban J connectivity index is 1.99. The Hall–Kier alpha value is -1.55. The zero-order chi connectivity index (χ0) is 14.7. The summed E-state index contributed by atoms with van der Waals surface area (Å²) in [5.41, 5.74) is 0.193. The molecule has 0 unspecified atom stereocenters. The topological polar surface area (TPSA) is 133 Å². The van der Waals surface area contributed by atoms with Gasteiger partial charge in [-0.2, -0.15) is 0 Å². The summed E-state index contributed by atoms with van der Waals surface area (Å²) in [6.07, 6.45) is -0.571. The minimum absolute atomic E-state index is 0.193. The monoisotopic (exact) mass is 285 g/mol. The molecule has 112 valence electrons. The molecule has 0 bridgehead atoms. The second-order valence-corrected chi connectivity index (χ2v) is 4.73. The molecule has 9 nitrogen and oxygen atoms in total. The van der Waals surface area contributed by atoms with E-state index in [1.807, 2.05) is 0 Å². The van der Waals surface area contributed by atoms with Crippen molar-refractivity contribution in [3.63, 3.8) is 0 Å². The number of hydrogen-bond donors (Lipinski definition) is 5. The minimum Gasteiger partial charge on any atom is -0.395 e. The number of aliphatic hydroxyl groups excluding tert-OH is 3. The van der Waals surface area contributed by atoms with E-state index in [-0.39, 0.29) is 24.8 Å². The number of hydrogen-bond acceptors (Lipinski definition) is 7. The number of amides is 1. The van der Waals surface area contributed by atoms with Crippen LogP contribution < -0.4 is 10.6 Å². The van der Waals surface area contributed by atoms with E-state index in [0.29, 0.717) is 6.54 Å². The predicted molar refractivity (Wildman–Crippen MR) is 67.8 cm³/mol. The number of carbonyl (C=O) groups is 1. The molecule has 2 rings (SSSR count). The van der Waals surface area contributed by atoms with Gasteiger partial charge in [0.1, 0.15) is 0 Å².